The van der Waals surface area contributed by atoms with Crippen LogP contribution in [-0.4, -0.2) is 36.9 Å². The van der Waals surface area contributed by atoms with E-state index in [1.165, 1.54) is 4.90 Å². The monoisotopic (exact) mass is 346 g/mol. The molecule has 0 fully saturated rings. The second kappa shape index (κ2) is 7.50. The van der Waals surface area contributed by atoms with E-state index in [1.807, 2.05) is 6.92 Å². The van der Waals surface area contributed by atoms with Gasteiger partial charge < -0.3 is 10.2 Å². The summed E-state index contributed by atoms with van der Waals surface area (Å²) >= 11 is 9.28. The Morgan fingerprint density at radius 2 is 2.11 bits per heavy atom. The molecule has 0 bridgehead atoms. The first-order chi connectivity index (χ1) is 8.95. The summed E-state index contributed by atoms with van der Waals surface area (Å²) in [5.74, 6) is -0.457. The molecule has 0 aliphatic rings. The molecule has 19 heavy (non-hydrogen) atoms. The number of amides is 2. The molecule has 0 radical (unpaired) electrons. The van der Waals surface area contributed by atoms with Crippen LogP contribution < -0.4 is 5.32 Å². The highest BCUT2D eigenvalue weighted by Gasteiger charge is 2.17. The molecule has 0 spiro atoms. The van der Waals surface area contributed by atoms with Gasteiger partial charge in [-0.15, -0.1) is 0 Å². The third kappa shape index (κ3) is 4.84. The molecule has 0 saturated heterocycles. The highest BCUT2D eigenvalue weighted by Crippen LogP contribution is 2.22. The molecule has 0 aliphatic heterocycles. The summed E-state index contributed by atoms with van der Waals surface area (Å²) < 4.78 is 0.768. The molecule has 1 aromatic rings. The van der Waals surface area contributed by atoms with Crippen LogP contribution in [0.2, 0.25) is 5.02 Å². The second-order valence-electron chi connectivity index (χ2n) is 4.14. The van der Waals surface area contributed by atoms with Gasteiger partial charge in [0.05, 0.1) is 17.1 Å². The minimum Gasteiger partial charge on any atom is -0.355 e. The van der Waals surface area contributed by atoms with Gasteiger partial charge in [0.15, 0.2) is 0 Å². The SMILES string of the molecule is CCCNC(=O)CN(C)C(=O)c1cc(Br)ccc1Cl. The molecule has 1 N–H and O–H groups in total. The summed E-state index contributed by atoms with van der Waals surface area (Å²) in [7, 11) is 1.57. The Hall–Kier alpha value is -1.07. The summed E-state index contributed by atoms with van der Waals surface area (Å²) in [6.07, 6.45) is 0.862. The average molecular weight is 348 g/mol. The van der Waals surface area contributed by atoms with Gasteiger partial charge in [-0.1, -0.05) is 34.5 Å². The van der Waals surface area contributed by atoms with E-state index in [0.717, 1.165) is 10.9 Å². The van der Waals surface area contributed by atoms with Gasteiger partial charge in [-0.2, -0.15) is 0 Å². The van der Waals surface area contributed by atoms with Crippen molar-refractivity contribution in [1.29, 1.82) is 0 Å². The molecule has 0 unspecified atom stereocenters. The van der Waals surface area contributed by atoms with Crippen LogP contribution in [-0.2, 0) is 4.79 Å². The molecule has 0 saturated carbocycles. The lowest BCUT2D eigenvalue weighted by Gasteiger charge is -2.17. The van der Waals surface area contributed by atoms with E-state index in [1.54, 1.807) is 25.2 Å². The number of hydrogen-bond acceptors (Lipinski definition) is 2. The Labute approximate surface area is 126 Å². The molecular weight excluding hydrogens is 332 g/mol. The minimum absolute atomic E-state index is 0.0156. The zero-order valence-electron chi connectivity index (χ0n) is 10.9. The molecule has 4 nitrogen and oxygen atoms in total. The number of carbonyl (C=O) groups is 2. The topological polar surface area (TPSA) is 49.4 Å². The lowest BCUT2D eigenvalue weighted by Crippen LogP contribution is -2.38. The van der Waals surface area contributed by atoms with Gasteiger partial charge >= 0.3 is 0 Å². The van der Waals surface area contributed by atoms with Crippen molar-refractivity contribution in [3.63, 3.8) is 0 Å². The average Bonchev–Trinajstić information content (AvgIpc) is 2.38. The standard InChI is InChI=1S/C13H16BrClN2O2/c1-3-6-16-12(18)8-17(2)13(19)10-7-9(14)4-5-11(10)15/h4-5,7H,3,6,8H2,1-2H3,(H,16,18). The van der Waals surface area contributed by atoms with E-state index >= 15 is 0 Å². The molecule has 2 amide bonds. The first-order valence-corrected chi connectivity index (χ1v) is 7.10. The number of carbonyl (C=O) groups excluding carboxylic acids is 2. The van der Waals surface area contributed by atoms with Gasteiger partial charge in [0, 0.05) is 18.1 Å². The number of nitrogens with one attached hydrogen (secondary N) is 1. The highest BCUT2D eigenvalue weighted by atomic mass is 79.9. The van der Waals surface area contributed by atoms with Crippen molar-refractivity contribution in [3.8, 4) is 0 Å². The summed E-state index contributed by atoms with van der Waals surface area (Å²) in [6.45, 7) is 2.59. The van der Waals surface area contributed by atoms with Crippen LogP contribution in [0.1, 0.15) is 23.7 Å². The first kappa shape index (κ1) is 16.0. The predicted molar refractivity (Wildman–Crippen MR) is 79.4 cm³/mol. The number of rotatable bonds is 5. The Morgan fingerprint density at radius 1 is 1.42 bits per heavy atom. The van der Waals surface area contributed by atoms with Gasteiger partial charge in [-0.25, -0.2) is 0 Å². The Morgan fingerprint density at radius 3 is 2.74 bits per heavy atom. The summed E-state index contributed by atoms with van der Waals surface area (Å²) in [5.41, 5.74) is 0.377. The maximum Gasteiger partial charge on any atom is 0.255 e. The third-order valence-electron chi connectivity index (χ3n) is 2.46. The number of benzene rings is 1. The fraction of sp³-hybridized carbons (Fsp3) is 0.385. The maximum atomic E-state index is 12.2. The third-order valence-corrected chi connectivity index (χ3v) is 3.28. The van der Waals surface area contributed by atoms with Crippen molar-refractivity contribution in [2.75, 3.05) is 20.1 Å². The van der Waals surface area contributed by atoms with Crippen LogP contribution in [0.3, 0.4) is 0 Å². The van der Waals surface area contributed by atoms with Crippen LogP contribution >= 0.6 is 27.5 Å². The molecule has 0 heterocycles. The zero-order chi connectivity index (χ0) is 14.4. The van der Waals surface area contributed by atoms with Crippen LogP contribution in [0.5, 0.6) is 0 Å². The first-order valence-electron chi connectivity index (χ1n) is 5.93. The largest absolute Gasteiger partial charge is 0.355 e. The van der Waals surface area contributed by atoms with Crippen molar-refractivity contribution in [1.82, 2.24) is 10.2 Å². The van der Waals surface area contributed by atoms with E-state index < -0.39 is 0 Å². The van der Waals surface area contributed by atoms with Crippen molar-refractivity contribution in [2.24, 2.45) is 0 Å². The van der Waals surface area contributed by atoms with Crippen molar-refractivity contribution in [3.05, 3.63) is 33.3 Å². The van der Waals surface area contributed by atoms with Gasteiger partial charge in [-0.3, -0.25) is 9.59 Å². The number of hydrogen-bond donors (Lipinski definition) is 1. The van der Waals surface area contributed by atoms with Gasteiger partial charge in [0.1, 0.15) is 0 Å². The fourth-order valence-electron chi connectivity index (χ4n) is 1.47. The lowest BCUT2D eigenvalue weighted by molar-refractivity contribution is -0.121. The van der Waals surface area contributed by atoms with Crippen molar-refractivity contribution >= 4 is 39.3 Å². The normalized spacial score (nSPS) is 10.1. The lowest BCUT2D eigenvalue weighted by atomic mass is 10.2. The fourth-order valence-corrected chi connectivity index (χ4v) is 2.03. The van der Waals surface area contributed by atoms with Crippen LogP contribution in [0.25, 0.3) is 0 Å². The van der Waals surface area contributed by atoms with Crippen molar-refractivity contribution < 1.29 is 9.59 Å². The zero-order valence-corrected chi connectivity index (χ0v) is 13.2. The van der Waals surface area contributed by atoms with E-state index in [4.69, 9.17) is 11.6 Å². The van der Waals surface area contributed by atoms with Gasteiger partial charge in [0.2, 0.25) is 5.91 Å². The Bertz CT molecular complexity index is 480. The van der Waals surface area contributed by atoms with Crippen LogP contribution in [0, 0.1) is 0 Å². The molecule has 104 valence electrons. The molecule has 0 aromatic heterocycles. The summed E-state index contributed by atoms with van der Waals surface area (Å²) in [4.78, 5) is 25.1. The summed E-state index contributed by atoms with van der Waals surface area (Å²) in [6, 6.07) is 5.04. The Balaban J connectivity index is 2.71. The molecule has 0 atom stereocenters. The molecule has 1 rings (SSSR count). The van der Waals surface area contributed by atoms with E-state index in [9.17, 15) is 9.59 Å². The molecular formula is C13H16BrClN2O2. The predicted octanol–water partition coefficient (Wildman–Crippen LogP) is 2.70. The number of likely N-dealkylation sites (N-methyl/N-ethyl adjacent to an activating group) is 1. The number of halogens is 2. The van der Waals surface area contributed by atoms with Crippen LogP contribution in [0.4, 0.5) is 0 Å². The number of nitrogens with zero attached hydrogens (tertiary/aromatic N) is 1. The second-order valence-corrected chi connectivity index (χ2v) is 5.46. The van der Waals surface area contributed by atoms with Gasteiger partial charge in [0.25, 0.3) is 5.91 Å². The van der Waals surface area contributed by atoms with E-state index in [-0.39, 0.29) is 18.4 Å². The Kier molecular flexibility index (Phi) is 6.31. The van der Waals surface area contributed by atoms with Crippen molar-refractivity contribution in [2.45, 2.75) is 13.3 Å². The maximum absolute atomic E-state index is 12.2. The van der Waals surface area contributed by atoms with Gasteiger partial charge in [-0.05, 0) is 24.6 Å². The quantitative estimate of drug-likeness (QED) is 0.890. The smallest absolute Gasteiger partial charge is 0.255 e. The molecule has 0 aliphatic carbocycles. The van der Waals surface area contributed by atoms with E-state index in [0.29, 0.717) is 17.1 Å². The molecule has 6 heteroatoms. The molecule has 1 aromatic carbocycles. The van der Waals surface area contributed by atoms with E-state index in [2.05, 4.69) is 21.2 Å². The minimum atomic E-state index is -0.280. The highest BCUT2D eigenvalue weighted by molar-refractivity contribution is 9.10. The summed E-state index contributed by atoms with van der Waals surface area (Å²) in [5, 5.41) is 3.09. The van der Waals surface area contributed by atoms with Crippen LogP contribution in [0.15, 0.2) is 22.7 Å².